The summed E-state index contributed by atoms with van der Waals surface area (Å²) in [7, 11) is 0. The average molecular weight is 272 g/mol. The molecule has 3 saturated carbocycles. The van der Waals surface area contributed by atoms with Crippen LogP contribution in [0.2, 0.25) is 0 Å². The molecule has 3 fully saturated rings. The van der Waals surface area contributed by atoms with E-state index in [-0.39, 0.29) is 0 Å². The first-order valence-electron chi connectivity index (χ1n) is 9.00. The average Bonchev–Trinajstić information content (AvgIpc) is 2.58. The van der Waals surface area contributed by atoms with Crippen molar-refractivity contribution in [1.29, 1.82) is 0 Å². The van der Waals surface area contributed by atoms with Crippen molar-refractivity contribution in [2.45, 2.75) is 79.1 Å². The van der Waals surface area contributed by atoms with Gasteiger partial charge in [-0.1, -0.05) is 46.3 Å². The number of hydrogen-bond donors (Lipinski definition) is 0. The molecule has 0 aromatic heterocycles. The summed E-state index contributed by atoms with van der Waals surface area (Å²) in [6.07, 6.45) is 17.1. The Morgan fingerprint density at radius 1 is 0.800 bits per heavy atom. The SMILES string of the molecule is CC12C=C[C@@]3(CC[C@@H]4C(C)(C)CCCC4(C)[C@@H]3CC1)C2. The van der Waals surface area contributed by atoms with Gasteiger partial charge in [0.15, 0.2) is 0 Å². The van der Waals surface area contributed by atoms with Gasteiger partial charge in [-0.2, -0.15) is 0 Å². The number of allylic oxidation sites excluding steroid dienone is 2. The van der Waals surface area contributed by atoms with E-state index in [1.165, 1.54) is 51.4 Å². The molecule has 0 nitrogen and oxygen atoms in total. The highest BCUT2D eigenvalue weighted by Crippen LogP contribution is 2.71. The molecule has 0 heteroatoms. The van der Waals surface area contributed by atoms with E-state index in [4.69, 9.17) is 0 Å². The Labute approximate surface area is 125 Å². The normalized spacial score (nSPS) is 56.2. The van der Waals surface area contributed by atoms with Gasteiger partial charge in [-0.05, 0) is 78.4 Å². The summed E-state index contributed by atoms with van der Waals surface area (Å²) < 4.78 is 0. The van der Waals surface area contributed by atoms with E-state index in [2.05, 4.69) is 39.8 Å². The van der Waals surface area contributed by atoms with Crippen molar-refractivity contribution in [1.82, 2.24) is 0 Å². The maximum absolute atomic E-state index is 2.69. The fraction of sp³-hybridized carbons (Fsp3) is 0.900. The molecule has 2 bridgehead atoms. The lowest BCUT2D eigenvalue weighted by Crippen LogP contribution is -2.56. The summed E-state index contributed by atoms with van der Waals surface area (Å²) >= 11 is 0. The van der Waals surface area contributed by atoms with Gasteiger partial charge in [0, 0.05) is 0 Å². The van der Waals surface area contributed by atoms with Gasteiger partial charge in [0.1, 0.15) is 0 Å². The van der Waals surface area contributed by atoms with E-state index < -0.39 is 0 Å². The van der Waals surface area contributed by atoms with Crippen molar-refractivity contribution in [2.75, 3.05) is 0 Å². The second kappa shape index (κ2) is 3.73. The van der Waals surface area contributed by atoms with Gasteiger partial charge in [0.25, 0.3) is 0 Å². The van der Waals surface area contributed by atoms with Crippen molar-refractivity contribution in [3.8, 4) is 0 Å². The highest BCUT2D eigenvalue weighted by molar-refractivity contribution is 5.25. The molecule has 0 radical (unpaired) electrons. The van der Waals surface area contributed by atoms with Gasteiger partial charge in [0.2, 0.25) is 0 Å². The van der Waals surface area contributed by atoms with E-state index in [0.717, 1.165) is 11.8 Å². The Morgan fingerprint density at radius 3 is 2.35 bits per heavy atom. The predicted octanol–water partition coefficient (Wildman–Crippen LogP) is 5.98. The summed E-state index contributed by atoms with van der Waals surface area (Å²) in [5, 5.41) is 0. The molecule has 4 aliphatic rings. The van der Waals surface area contributed by atoms with Crippen LogP contribution in [0, 0.1) is 33.5 Å². The molecule has 0 heterocycles. The molecule has 1 spiro atoms. The Bertz CT molecular complexity index is 459. The van der Waals surface area contributed by atoms with Crippen molar-refractivity contribution in [3.05, 3.63) is 12.2 Å². The van der Waals surface area contributed by atoms with Crippen molar-refractivity contribution in [2.24, 2.45) is 33.5 Å². The molecule has 0 aromatic carbocycles. The van der Waals surface area contributed by atoms with Crippen LogP contribution < -0.4 is 0 Å². The first-order chi connectivity index (χ1) is 9.30. The molecule has 0 aromatic rings. The van der Waals surface area contributed by atoms with Gasteiger partial charge < -0.3 is 0 Å². The molecule has 0 saturated heterocycles. The molecular formula is C20H32. The van der Waals surface area contributed by atoms with Crippen molar-refractivity contribution in [3.63, 3.8) is 0 Å². The fourth-order valence-electron chi connectivity index (χ4n) is 7.46. The lowest BCUT2D eigenvalue weighted by molar-refractivity contribution is -0.139. The summed E-state index contributed by atoms with van der Waals surface area (Å²) in [5.41, 5.74) is 2.34. The van der Waals surface area contributed by atoms with Crippen LogP contribution in [0.3, 0.4) is 0 Å². The third-order valence-electron chi connectivity index (χ3n) is 8.22. The Balaban J connectivity index is 1.75. The highest BCUT2D eigenvalue weighted by atomic mass is 14.7. The highest BCUT2D eigenvalue weighted by Gasteiger charge is 2.62. The maximum atomic E-state index is 2.69. The zero-order valence-corrected chi connectivity index (χ0v) is 14.0. The van der Waals surface area contributed by atoms with Crippen LogP contribution in [0.1, 0.15) is 79.1 Å². The lowest BCUT2D eigenvalue weighted by atomic mass is 9.40. The zero-order valence-electron chi connectivity index (χ0n) is 14.0. The van der Waals surface area contributed by atoms with E-state index in [1.54, 1.807) is 0 Å². The zero-order chi connectivity index (χ0) is 14.2. The Hall–Kier alpha value is -0.260. The standard InChI is InChI=1S/C20H32/c1-17(2)8-5-9-19(4)15(17)7-11-20-13-12-18(3,14-20)10-6-16(19)20/h12-13,15-16H,5-11,14H2,1-4H3/t15-,16+,18?,19?,20+/m1/s1. The number of hydrogen-bond acceptors (Lipinski definition) is 0. The van der Waals surface area contributed by atoms with Crippen LogP contribution in [-0.4, -0.2) is 0 Å². The third kappa shape index (κ3) is 1.54. The van der Waals surface area contributed by atoms with Crippen LogP contribution in [0.4, 0.5) is 0 Å². The molecule has 4 rings (SSSR count). The van der Waals surface area contributed by atoms with E-state index in [1.807, 2.05) is 0 Å². The van der Waals surface area contributed by atoms with E-state index >= 15 is 0 Å². The molecule has 4 aliphatic carbocycles. The number of rotatable bonds is 0. The smallest absolute Gasteiger partial charge is 0.00762 e. The van der Waals surface area contributed by atoms with Gasteiger partial charge in [-0.25, -0.2) is 0 Å². The van der Waals surface area contributed by atoms with Crippen LogP contribution in [-0.2, 0) is 0 Å². The summed E-state index contributed by atoms with van der Waals surface area (Å²) in [5.74, 6) is 1.94. The summed E-state index contributed by atoms with van der Waals surface area (Å²) in [4.78, 5) is 0. The minimum Gasteiger partial charge on any atom is -0.0820 e. The topological polar surface area (TPSA) is 0 Å². The van der Waals surface area contributed by atoms with Crippen LogP contribution >= 0.6 is 0 Å². The molecule has 112 valence electrons. The van der Waals surface area contributed by atoms with Crippen LogP contribution in [0.15, 0.2) is 12.2 Å². The van der Waals surface area contributed by atoms with E-state index in [9.17, 15) is 0 Å². The molecule has 5 atom stereocenters. The third-order valence-corrected chi connectivity index (χ3v) is 8.22. The van der Waals surface area contributed by atoms with Crippen molar-refractivity contribution < 1.29 is 0 Å². The van der Waals surface area contributed by atoms with Crippen LogP contribution in [0.5, 0.6) is 0 Å². The monoisotopic (exact) mass is 272 g/mol. The molecular weight excluding hydrogens is 240 g/mol. The second-order valence-corrected chi connectivity index (χ2v) is 9.93. The maximum Gasteiger partial charge on any atom is -0.00762 e. The molecule has 0 N–H and O–H groups in total. The first-order valence-corrected chi connectivity index (χ1v) is 9.00. The minimum atomic E-state index is 0.546. The summed E-state index contributed by atoms with van der Waals surface area (Å²) in [6.45, 7) is 10.3. The predicted molar refractivity (Wildman–Crippen MR) is 85.5 cm³/mol. The fourth-order valence-corrected chi connectivity index (χ4v) is 7.46. The van der Waals surface area contributed by atoms with Gasteiger partial charge in [-0.15, -0.1) is 0 Å². The van der Waals surface area contributed by atoms with Gasteiger partial charge in [0.05, 0.1) is 0 Å². The second-order valence-electron chi connectivity index (χ2n) is 9.93. The van der Waals surface area contributed by atoms with E-state index in [0.29, 0.717) is 21.7 Å². The summed E-state index contributed by atoms with van der Waals surface area (Å²) in [6, 6.07) is 0. The lowest BCUT2D eigenvalue weighted by Gasteiger charge is -2.64. The Kier molecular flexibility index (Phi) is 2.50. The van der Waals surface area contributed by atoms with Crippen LogP contribution in [0.25, 0.3) is 0 Å². The van der Waals surface area contributed by atoms with Crippen molar-refractivity contribution >= 4 is 0 Å². The minimum absolute atomic E-state index is 0.546. The first kappa shape index (κ1) is 13.4. The van der Waals surface area contributed by atoms with Gasteiger partial charge >= 0.3 is 0 Å². The molecule has 20 heavy (non-hydrogen) atoms. The molecule has 0 aliphatic heterocycles. The number of fused-ring (bicyclic) bond motifs is 3. The quantitative estimate of drug-likeness (QED) is 0.476. The Morgan fingerprint density at radius 2 is 1.55 bits per heavy atom. The van der Waals surface area contributed by atoms with Gasteiger partial charge in [-0.3, -0.25) is 0 Å². The molecule has 2 unspecified atom stereocenters. The largest absolute Gasteiger partial charge is 0.0820 e. The molecule has 0 amide bonds.